The van der Waals surface area contributed by atoms with Gasteiger partial charge in [0.05, 0.1) is 11.1 Å². The van der Waals surface area contributed by atoms with Crippen LogP contribution in [0.3, 0.4) is 0 Å². The number of nitrogens with zero attached hydrogens (tertiary/aromatic N) is 1. The van der Waals surface area contributed by atoms with Gasteiger partial charge in [-0.1, -0.05) is 160 Å². The van der Waals surface area contributed by atoms with Gasteiger partial charge < -0.3 is 0 Å². The zero-order valence-corrected chi connectivity index (χ0v) is 35.4. The van der Waals surface area contributed by atoms with E-state index in [1.165, 1.54) is 43.8 Å². The van der Waals surface area contributed by atoms with Crippen LogP contribution in [0.5, 0.6) is 0 Å². The molecule has 3 nitrogen and oxygen atoms in total. The zero-order valence-electron chi connectivity index (χ0n) is 35.4. The fraction of sp³-hybridized carbons (Fsp3) is 0.370. The van der Waals surface area contributed by atoms with Gasteiger partial charge in [-0.05, 0) is 132 Å². The van der Waals surface area contributed by atoms with E-state index in [4.69, 9.17) is 0 Å². The molecule has 57 heavy (non-hydrogen) atoms. The van der Waals surface area contributed by atoms with Crippen LogP contribution in [0.25, 0.3) is 43.1 Å². The maximum atomic E-state index is 15.2. The van der Waals surface area contributed by atoms with E-state index in [0.717, 1.165) is 82.3 Å². The van der Waals surface area contributed by atoms with E-state index < -0.39 is 0 Å². The topological polar surface area (TPSA) is 37.4 Å². The summed E-state index contributed by atoms with van der Waals surface area (Å²) in [6, 6.07) is 35.8. The first-order valence-corrected chi connectivity index (χ1v) is 21.5. The Labute approximate surface area is 339 Å². The number of imide groups is 1. The van der Waals surface area contributed by atoms with E-state index in [-0.39, 0.29) is 28.6 Å². The maximum Gasteiger partial charge on any atom is 0.261 e. The molecule has 1 atom stereocenters. The van der Waals surface area contributed by atoms with Gasteiger partial charge in [0.2, 0.25) is 0 Å². The van der Waals surface area contributed by atoms with Crippen LogP contribution in [0.15, 0.2) is 97.1 Å². The molecule has 0 saturated heterocycles. The van der Waals surface area contributed by atoms with E-state index in [0.29, 0.717) is 19.4 Å². The Hall–Kier alpha value is -5.02. The van der Waals surface area contributed by atoms with Crippen molar-refractivity contribution in [3.8, 4) is 0 Å². The van der Waals surface area contributed by atoms with Crippen LogP contribution in [0.4, 0.5) is 0 Å². The van der Waals surface area contributed by atoms with Crippen molar-refractivity contribution in [2.75, 3.05) is 6.54 Å². The predicted octanol–water partition coefficient (Wildman–Crippen LogP) is 13.7. The second-order valence-electron chi connectivity index (χ2n) is 18.9. The first kappa shape index (κ1) is 38.8. The van der Waals surface area contributed by atoms with E-state index >= 15 is 9.59 Å². The van der Waals surface area contributed by atoms with Gasteiger partial charge in [0.1, 0.15) is 0 Å². The number of hydrogen-bond donors (Lipinski definition) is 0. The average molecular weight is 754 g/mol. The molecule has 0 aromatic heterocycles. The number of fused-ring (bicyclic) bond motifs is 2. The molecule has 0 bridgehead atoms. The molecule has 2 amide bonds. The highest BCUT2D eigenvalue weighted by atomic mass is 16.2. The Kier molecular flexibility index (Phi) is 10.3. The van der Waals surface area contributed by atoms with E-state index in [9.17, 15) is 0 Å². The molecule has 1 heterocycles. The quantitative estimate of drug-likeness (QED) is 0.0708. The maximum absolute atomic E-state index is 15.2. The lowest BCUT2D eigenvalue weighted by atomic mass is 9.79. The van der Waals surface area contributed by atoms with Gasteiger partial charge in [-0.2, -0.15) is 0 Å². The number of carbonyl (C=O) groups excluding carboxylic acids is 2. The monoisotopic (exact) mass is 753 g/mol. The standard InChI is InChI=1S/C54H59NO2/c1-9-11-14-34(10-2)33-55-51(56)47-38(25-19-35-21-27-40(28-22-35)53(3,4)5)31-44-42-17-12-15-37-16-13-18-43(46(37)42)45-32-39(48(52(55)57)50(47)49(44)45)26-20-36-23-29-41(30-24-36)54(6,7)8/h12-13,15-18,21-24,27-32,34H,9-11,14,19-20,25-26,33H2,1-8H3. The second kappa shape index (κ2) is 15.1. The summed E-state index contributed by atoms with van der Waals surface area (Å²) in [6.45, 7) is 18.4. The molecule has 0 saturated carbocycles. The van der Waals surface area contributed by atoms with Crippen LogP contribution in [0, 0.1) is 5.92 Å². The van der Waals surface area contributed by atoms with Crippen LogP contribution in [-0.4, -0.2) is 23.3 Å². The minimum Gasteiger partial charge on any atom is -0.274 e. The van der Waals surface area contributed by atoms with Crippen LogP contribution in [-0.2, 0) is 36.5 Å². The third-order valence-corrected chi connectivity index (χ3v) is 13.0. The molecule has 0 fully saturated rings. The first-order chi connectivity index (χ1) is 27.3. The fourth-order valence-electron chi connectivity index (χ4n) is 9.45. The van der Waals surface area contributed by atoms with Gasteiger partial charge in [0, 0.05) is 11.9 Å². The van der Waals surface area contributed by atoms with Crippen molar-refractivity contribution in [1.82, 2.24) is 4.90 Å². The molecular weight excluding hydrogens is 695 g/mol. The molecule has 0 N–H and O–H groups in total. The molecule has 0 spiro atoms. The van der Waals surface area contributed by atoms with Crippen molar-refractivity contribution < 1.29 is 9.59 Å². The van der Waals surface area contributed by atoms with Crippen molar-refractivity contribution in [2.45, 2.75) is 118 Å². The van der Waals surface area contributed by atoms with Crippen LogP contribution < -0.4 is 0 Å². The Morgan fingerprint density at radius 1 is 0.544 bits per heavy atom. The highest BCUT2D eigenvalue weighted by molar-refractivity contribution is 6.39. The molecule has 0 radical (unpaired) electrons. The van der Waals surface area contributed by atoms with Gasteiger partial charge in [-0.3, -0.25) is 14.5 Å². The first-order valence-electron chi connectivity index (χ1n) is 21.5. The molecule has 1 aliphatic rings. The largest absolute Gasteiger partial charge is 0.274 e. The summed E-state index contributed by atoms with van der Waals surface area (Å²) in [5.74, 6) is 0.0291. The number of hydrogen-bond acceptors (Lipinski definition) is 2. The van der Waals surface area contributed by atoms with Crippen LogP contribution in [0.2, 0.25) is 0 Å². The molecule has 292 valence electrons. The van der Waals surface area contributed by atoms with Crippen molar-refractivity contribution in [3.05, 3.63) is 142 Å². The van der Waals surface area contributed by atoms with Crippen molar-refractivity contribution in [3.63, 3.8) is 0 Å². The molecule has 7 aromatic rings. The zero-order chi connectivity index (χ0) is 40.2. The number of unbranched alkanes of at least 4 members (excludes halogenated alkanes) is 1. The van der Waals surface area contributed by atoms with Crippen molar-refractivity contribution >= 4 is 54.9 Å². The Morgan fingerprint density at radius 2 is 1.02 bits per heavy atom. The highest BCUT2D eigenvalue weighted by Crippen LogP contribution is 2.47. The third kappa shape index (κ3) is 7.13. The summed E-state index contributed by atoms with van der Waals surface area (Å²) in [4.78, 5) is 32.0. The van der Waals surface area contributed by atoms with E-state index in [1.54, 1.807) is 4.90 Å². The number of carbonyl (C=O) groups is 2. The summed E-state index contributed by atoms with van der Waals surface area (Å²) < 4.78 is 0. The van der Waals surface area contributed by atoms with Crippen LogP contribution in [0.1, 0.15) is 135 Å². The van der Waals surface area contributed by atoms with E-state index in [1.807, 2.05) is 0 Å². The molecule has 0 aliphatic carbocycles. The Bertz CT molecular complexity index is 2450. The van der Waals surface area contributed by atoms with Gasteiger partial charge in [0.25, 0.3) is 11.8 Å². The fourth-order valence-corrected chi connectivity index (χ4v) is 9.45. The number of aryl methyl sites for hydroxylation is 4. The van der Waals surface area contributed by atoms with Crippen molar-refractivity contribution in [2.24, 2.45) is 5.92 Å². The average Bonchev–Trinajstić information content (AvgIpc) is 3.19. The minimum absolute atomic E-state index is 0.0820. The minimum atomic E-state index is -0.120. The smallest absolute Gasteiger partial charge is 0.261 e. The third-order valence-electron chi connectivity index (χ3n) is 13.0. The lowest BCUT2D eigenvalue weighted by molar-refractivity contribution is 0.0578. The molecular formula is C54H59NO2. The normalized spacial score (nSPS) is 14.2. The van der Waals surface area contributed by atoms with Gasteiger partial charge in [-0.15, -0.1) is 0 Å². The second-order valence-corrected chi connectivity index (χ2v) is 18.9. The lowest BCUT2D eigenvalue weighted by Gasteiger charge is -2.33. The molecule has 1 aliphatic heterocycles. The molecule has 1 unspecified atom stereocenters. The van der Waals surface area contributed by atoms with E-state index in [2.05, 4.69) is 152 Å². The summed E-state index contributed by atoms with van der Waals surface area (Å²) in [6.07, 6.45) is 7.19. The summed E-state index contributed by atoms with van der Waals surface area (Å²) in [7, 11) is 0. The molecule has 7 aromatic carbocycles. The SMILES string of the molecule is CCCCC(CC)CN1C(=O)c2c(CCc3ccc(C(C)(C)C)cc3)cc3c4cccc5cccc(c6cc(CCc7ccc(C(C)(C)C)cc7)c(c2c36)C1=O)c54. The summed E-state index contributed by atoms with van der Waals surface area (Å²) >= 11 is 0. The predicted molar refractivity (Wildman–Crippen MR) is 241 cm³/mol. The number of rotatable bonds is 12. The number of benzene rings is 7. The molecule has 8 rings (SSSR count). The number of amides is 2. The van der Waals surface area contributed by atoms with Crippen LogP contribution >= 0.6 is 0 Å². The molecule has 3 heteroatoms. The summed E-state index contributed by atoms with van der Waals surface area (Å²) in [5, 5.41) is 9.04. The lowest BCUT2D eigenvalue weighted by Crippen LogP contribution is -2.44. The Balaban J connectivity index is 1.35. The van der Waals surface area contributed by atoms with Gasteiger partial charge in [-0.25, -0.2) is 0 Å². The Morgan fingerprint density at radius 3 is 1.44 bits per heavy atom. The van der Waals surface area contributed by atoms with Crippen molar-refractivity contribution in [1.29, 1.82) is 0 Å². The van der Waals surface area contributed by atoms with Gasteiger partial charge >= 0.3 is 0 Å². The summed E-state index contributed by atoms with van der Waals surface area (Å²) in [5.41, 5.74) is 8.87. The van der Waals surface area contributed by atoms with Gasteiger partial charge in [0.15, 0.2) is 0 Å². The highest BCUT2D eigenvalue weighted by Gasteiger charge is 2.38.